The fraction of sp³-hybridized carbons (Fsp3) is 0.571. The van der Waals surface area contributed by atoms with E-state index in [0.29, 0.717) is 11.5 Å². The highest BCUT2D eigenvalue weighted by Crippen LogP contribution is 2.31. The first-order valence-electron chi connectivity index (χ1n) is 6.57. The number of aliphatic hydroxyl groups excluding tert-OH is 1. The topological polar surface area (TPSA) is 54.0 Å². The smallest absolute Gasteiger partial charge is 0.161 e. The monoisotopic (exact) mass is 302 g/mol. The van der Waals surface area contributed by atoms with Crippen LogP contribution in [0.5, 0.6) is 11.5 Å². The van der Waals surface area contributed by atoms with E-state index in [1.807, 2.05) is 18.2 Å². The predicted octanol–water partition coefficient (Wildman–Crippen LogP) is 1.06. The number of benzene rings is 1. The standard InChI is InChI=1S/C14H22N2O3.ClH/c1-18-13-4-3-11(9-14(13)19-2)12(10-17)16-7-5-15-6-8-16;/h3-4,9,12,15,17H,5-8,10H2,1-2H3;1H/t12-;/m1./s1. The molecule has 0 aliphatic carbocycles. The zero-order valence-electron chi connectivity index (χ0n) is 12.0. The van der Waals surface area contributed by atoms with Crippen LogP contribution in [0.25, 0.3) is 0 Å². The molecule has 5 nitrogen and oxygen atoms in total. The van der Waals surface area contributed by atoms with Gasteiger partial charge in [-0.1, -0.05) is 6.07 Å². The molecular weight excluding hydrogens is 280 g/mol. The molecule has 1 aromatic rings. The highest BCUT2D eigenvalue weighted by molar-refractivity contribution is 5.85. The van der Waals surface area contributed by atoms with Gasteiger partial charge < -0.3 is 19.9 Å². The van der Waals surface area contributed by atoms with Crippen molar-refractivity contribution in [2.45, 2.75) is 6.04 Å². The molecule has 1 aliphatic rings. The van der Waals surface area contributed by atoms with Gasteiger partial charge in [-0.2, -0.15) is 0 Å². The second-order valence-corrected chi connectivity index (χ2v) is 4.60. The molecule has 1 atom stereocenters. The maximum atomic E-state index is 9.69. The number of hydrogen-bond donors (Lipinski definition) is 2. The molecule has 0 bridgehead atoms. The maximum Gasteiger partial charge on any atom is 0.161 e. The summed E-state index contributed by atoms with van der Waals surface area (Å²) in [6.07, 6.45) is 0. The summed E-state index contributed by atoms with van der Waals surface area (Å²) in [5.41, 5.74) is 1.06. The van der Waals surface area contributed by atoms with Gasteiger partial charge in [-0.15, -0.1) is 12.4 Å². The summed E-state index contributed by atoms with van der Waals surface area (Å²) < 4.78 is 10.6. The third kappa shape index (κ3) is 3.76. The molecule has 1 fully saturated rings. The van der Waals surface area contributed by atoms with Gasteiger partial charge in [0.15, 0.2) is 11.5 Å². The number of nitrogens with zero attached hydrogens (tertiary/aromatic N) is 1. The van der Waals surface area contributed by atoms with Crippen LogP contribution in [0.15, 0.2) is 18.2 Å². The molecule has 1 heterocycles. The van der Waals surface area contributed by atoms with Crippen molar-refractivity contribution in [3.05, 3.63) is 23.8 Å². The van der Waals surface area contributed by atoms with Gasteiger partial charge in [-0.05, 0) is 17.7 Å². The van der Waals surface area contributed by atoms with Crippen molar-refractivity contribution in [3.8, 4) is 11.5 Å². The second kappa shape index (κ2) is 8.32. The van der Waals surface area contributed by atoms with Gasteiger partial charge in [0.2, 0.25) is 0 Å². The second-order valence-electron chi connectivity index (χ2n) is 4.60. The zero-order valence-corrected chi connectivity index (χ0v) is 12.8. The van der Waals surface area contributed by atoms with Crippen LogP contribution in [0, 0.1) is 0 Å². The highest BCUT2D eigenvalue weighted by atomic mass is 35.5. The van der Waals surface area contributed by atoms with Gasteiger partial charge in [0, 0.05) is 26.2 Å². The Bertz CT molecular complexity index is 411. The summed E-state index contributed by atoms with van der Waals surface area (Å²) in [6.45, 7) is 3.92. The Labute approximate surface area is 126 Å². The van der Waals surface area contributed by atoms with Crippen molar-refractivity contribution in [2.24, 2.45) is 0 Å². The van der Waals surface area contributed by atoms with Gasteiger partial charge >= 0.3 is 0 Å². The van der Waals surface area contributed by atoms with E-state index >= 15 is 0 Å². The molecule has 2 rings (SSSR count). The van der Waals surface area contributed by atoms with E-state index in [1.165, 1.54) is 0 Å². The van der Waals surface area contributed by atoms with Crippen LogP contribution < -0.4 is 14.8 Å². The lowest BCUT2D eigenvalue weighted by Gasteiger charge is -2.34. The molecule has 0 radical (unpaired) electrons. The van der Waals surface area contributed by atoms with Crippen LogP contribution in [0.1, 0.15) is 11.6 Å². The average Bonchev–Trinajstić information content (AvgIpc) is 2.49. The highest BCUT2D eigenvalue weighted by Gasteiger charge is 2.22. The van der Waals surface area contributed by atoms with Gasteiger partial charge in [0.1, 0.15) is 0 Å². The average molecular weight is 303 g/mol. The molecule has 0 amide bonds. The Balaban J connectivity index is 0.00000200. The number of hydrogen-bond acceptors (Lipinski definition) is 5. The summed E-state index contributed by atoms with van der Waals surface area (Å²) >= 11 is 0. The fourth-order valence-electron chi connectivity index (χ4n) is 2.49. The minimum Gasteiger partial charge on any atom is -0.493 e. The van der Waals surface area contributed by atoms with Gasteiger partial charge in [-0.25, -0.2) is 0 Å². The molecular formula is C14H23ClN2O3. The fourth-order valence-corrected chi connectivity index (χ4v) is 2.49. The first-order chi connectivity index (χ1) is 9.30. The summed E-state index contributed by atoms with van der Waals surface area (Å²) in [6, 6.07) is 5.84. The molecule has 0 spiro atoms. The van der Waals surface area contributed by atoms with Crippen LogP contribution >= 0.6 is 12.4 Å². The van der Waals surface area contributed by atoms with E-state index < -0.39 is 0 Å². The van der Waals surface area contributed by atoms with E-state index in [-0.39, 0.29) is 25.1 Å². The van der Waals surface area contributed by atoms with E-state index in [2.05, 4.69) is 10.2 Å². The van der Waals surface area contributed by atoms with Crippen molar-refractivity contribution >= 4 is 12.4 Å². The first-order valence-corrected chi connectivity index (χ1v) is 6.57. The van der Waals surface area contributed by atoms with Crippen molar-refractivity contribution in [2.75, 3.05) is 47.0 Å². The van der Waals surface area contributed by atoms with Gasteiger partial charge in [0.25, 0.3) is 0 Å². The predicted molar refractivity (Wildman–Crippen MR) is 81.1 cm³/mol. The van der Waals surface area contributed by atoms with Gasteiger partial charge in [0.05, 0.1) is 26.9 Å². The maximum absolute atomic E-state index is 9.69. The van der Waals surface area contributed by atoms with Crippen LogP contribution in [0.4, 0.5) is 0 Å². The lowest BCUT2D eigenvalue weighted by atomic mass is 10.0. The lowest BCUT2D eigenvalue weighted by Crippen LogP contribution is -2.46. The SMILES string of the molecule is COc1ccc([C@@H](CO)N2CCNCC2)cc1OC.Cl. The molecule has 0 aromatic heterocycles. The number of rotatable bonds is 5. The molecule has 1 aliphatic heterocycles. The zero-order chi connectivity index (χ0) is 13.7. The normalized spacial score (nSPS) is 17.1. The molecule has 1 aromatic carbocycles. The van der Waals surface area contributed by atoms with Crippen LogP contribution in [0.3, 0.4) is 0 Å². The summed E-state index contributed by atoms with van der Waals surface area (Å²) in [4.78, 5) is 2.29. The molecule has 0 saturated carbocycles. The molecule has 20 heavy (non-hydrogen) atoms. The Kier molecular flexibility index (Phi) is 7.09. The molecule has 1 saturated heterocycles. The Morgan fingerprint density at radius 3 is 2.40 bits per heavy atom. The quantitative estimate of drug-likeness (QED) is 0.852. The first kappa shape index (κ1) is 17.0. The summed E-state index contributed by atoms with van der Waals surface area (Å²) in [7, 11) is 3.25. The van der Waals surface area contributed by atoms with Crippen LogP contribution in [-0.4, -0.2) is 57.0 Å². The lowest BCUT2D eigenvalue weighted by molar-refractivity contribution is 0.110. The van der Waals surface area contributed by atoms with Crippen molar-refractivity contribution in [1.29, 1.82) is 0 Å². The van der Waals surface area contributed by atoms with Crippen LogP contribution in [-0.2, 0) is 0 Å². The Morgan fingerprint density at radius 1 is 1.20 bits per heavy atom. The van der Waals surface area contributed by atoms with Gasteiger partial charge in [-0.3, -0.25) is 4.90 Å². The summed E-state index contributed by atoms with van der Waals surface area (Å²) in [5.74, 6) is 1.41. The van der Waals surface area contributed by atoms with E-state index in [9.17, 15) is 5.11 Å². The number of piperazine rings is 1. The number of aliphatic hydroxyl groups is 1. The van der Waals surface area contributed by atoms with Crippen molar-refractivity contribution < 1.29 is 14.6 Å². The molecule has 0 unspecified atom stereocenters. The number of methoxy groups -OCH3 is 2. The van der Waals surface area contributed by atoms with Crippen LogP contribution in [0.2, 0.25) is 0 Å². The molecule has 114 valence electrons. The summed E-state index contributed by atoms with van der Waals surface area (Å²) in [5, 5.41) is 13.0. The number of ether oxygens (including phenoxy) is 2. The van der Waals surface area contributed by atoms with E-state index in [4.69, 9.17) is 9.47 Å². The Hall–Kier alpha value is -1.01. The van der Waals surface area contributed by atoms with Crippen molar-refractivity contribution in [3.63, 3.8) is 0 Å². The molecule has 6 heteroatoms. The minimum atomic E-state index is 0. The minimum absolute atomic E-state index is 0. The third-order valence-electron chi connectivity index (χ3n) is 3.56. The number of nitrogens with one attached hydrogen (secondary N) is 1. The van der Waals surface area contributed by atoms with Crippen molar-refractivity contribution in [1.82, 2.24) is 10.2 Å². The molecule has 2 N–H and O–H groups in total. The third-order valence-corrected chi connectivity index (χ3v) is 3.56. The van der Waals surface area contributed by atoms with E-state index in [0.717, 1.165) is 31.7 Å². The van der Waals surface area contributed by atoms with E-state index in [1.54, 1.807) is 14.2 Å². The Morgan fingerprint density at radius 2 is 1.85 bits per heavy atom. The largest absolute Gasteiger partial charge is 0.493 e. The number of halogens is 1.